The predicted molar refractivity (Wildman–Crippen MR) is 437 cm³/mol. The molecule has 0 aliphatic heterocycles. The summed E-state index contributed by atoms with van der Waals surface area (Å²) in [7, 11) is -4.56. The maximum absolute atomic E-state index is 7.17. The van der Waals surface area contributed by atoms with Gasteiger partial charge in [-0.05, 0) is 143 Å². The SMILES string of the molecule is [Au+].[Au+].[Au+].[Au+].[C-]#Cc1ccc2sc3ccc(C#[C-])cc3c2c1.[C-]#Cc1ccc2sc3ccc(C#[C-])cc3c2c1.c1ccc([PH+](c2ccccc2)c2ccccc2[PH+](c2ccccc2)c2ccccc2)cc1.c1ccc([PH+](c2ccccc2)c2ccccc2[PH+](c2ccccc2)c2ccccc2)cc1. The topological polar surface area (TPSA) is 0 Å². The van der Waals surface area contributed by atoms with Crippen molar-refractivity contribution in [2.45, 2.75) is 0 Å². The molecule has 504 valence electrons. The summed E-state index contributed by atoms with van der Waals surface area (Å²) in [6.07, 6.45) is 28.7. The van der Waals surface area contributed by atoms with E-state index in [1.54, 1.807) is 22.7 Å². The standard InChI is InChI=1S/2C30H24P2.2C16H6S.4Au/c2*1-5-15-25(16-6-1)31(26-17-7-2-8-18-26)29-23-13-14-24-30(29)32(27-19-9-3-10-20-27)28-21-11-4-12-22-28;2*1-3-11-5-7-15-13(9-11)14-10-12(4-2)6-8-16(14)17-15;;;;/h2*1-24H;2*5-10H;;;;/q;;2*-2;4*+1/p+4. The summed E-state index contributed by atoms with van der Waals surface area (Å²) in [5, 5.41) is 21.9. The molecule has 14 aromatic carbocycles. The van der Waals surface area contributed by atoms with Crippen molar-refractivity contribution in [1.82, 2.24) is 0 Å². The summed E-state index contributed by atoms with van der Waals surface area (Å²) in [6.45, 7) is 0. The van der Waals surface area contributed by atoms with Crippen LogP contribution < -0.4 is 63.7 Å². The van der Waals surface area contributed by atoms with Gasteiger partial charge in [0.25, 0.3) is 0 Å². The Morgan fingerprint density at radius 3 is 0.480 bits per heavy atom. The first kappa shape index (κ1) is 78.6. The molecule has 0 amide bonds. The Morgan fingerprint density at radius 1 is 0.186 bits per heavy atom. The van der Waals surface area contributed by atoms with Gasteiger partial charge in [-0.25, -0.2) is 0 Å². The second kappa shape index (κ2) is 39.4. The molecule has 0 N–H and O–H groups in total. The van der Waals surface area contributed by atoms with Gasteiger partial charge in [0, 0.05) is 18.8 Å². The van der Waals surface area contributed by atoms with E-state index in [4.69, 9.17) is 25.7 Å². The quantitative estimate of drug-likeness (QED) is 0.0495. The average molecular weight is 2150 g/mol. The first-order chi connectivity index (χ1) is 48.5. The van der Waals surface area contributed by atoms with Crippen molar-refractivity contribution in [2.75, 3.05) is 0 Å². The predicted octanol–water partition coefficient (Wildman–Crippen LogP) is 17.2. The Morgan fingerprint density at radius 2 is 0.333 bits per heavy atom. The van der Waals surface area contributed by atoms with Gasteiger partial charge in [0.05, 0.1) is 0 Å². The van der Waals surface area contributed by atoms with Crippen LogP contribution in [0.5, 0.6) is 0 Å². The van der Waals surface area contributed by atoms with E-state index < -0.39 is 31.7 Å². The van der Waals surface area contributed by atoms with E-state index in [0.29, 0.717) is 0 Å². The third kappa shape index (κ3) is 18.9. The maximum atomic E-state index is 7.17. The largest absolute Gasteiger partial charge is 1.00 e. The number of thiophene rings is 2. The molecule has 0 nitrogen and oxygen atoms in total. The van der Waals surface area contributed by atoms with Crippen LogP contribution in [0.2, 0.25) is 0 Å². The molecule has 102 heavy (non-hydrogen) atoms. The van der Waals surface area contributed by atoms with Crippen molar-refractivity contribution >= 4 is 158 Å². The molecule has 0 radical (unpaired) electrons. The minimum Gasteiger partial charge on any atom is -0.366 e. The van der Waals surface area contributed by atoms with Crippen molar-refractivity contribution in [3.05, 3.63) is 412 Å². The van der Waals surface area contributed by atoms with Crippen molar-refractivity contribution in [3.8, 4) is 23.7 Å². The van der Waals surface area contributed by atoms with Gasteiger partial charge in [0.15, 0.2) is 0 Å². The Kier molecular flexibility index (Phi) is 30.3. The maximum Gasteiger partial charge on any atom is 1.00 e. The van der Waals surface area contributed by atoms with Crippen LogP contribution in [-0.4, -0.2) is 0 Å². The van der Waals surface area contributed by atoms with Crippen molar-refractivity contribution in [2.24, 2.45) is 0 Å². The van der Waals surface area contributed by atoms with Crippen LogP contribution in [0.3, 0.4) is 0 Å². The summed E-state index contributed by atoms with van der Waals surface area (Å²) in [5.41, 5.74) is 3.12. The molecule has 0 aliphatic carbocycles. The van der Waals surface area contributed by atoms with Crippen LogP contribution in [0.1, 0.15) is 22.3 Å². The zero-order chi connectivity index (χ0) is 66.8. The van der Waals surface area contributed by atoms with Gasteiger partial charge in [-0.2, -0.15) is 0 Å². The van der Waals surface area contributed by atoms with Gasteiger partial charge < -0.3 is 25.7 Å². The smallest absolute Gasteiger partial charge is 0.366 e. The number of fused-ring (bicyclic) bond motifs is 6. The monoisotopic (exact) mass is 2140 g/mol. The molecule has 0 fully saturated rings. The second-order valence-electron chi connectivity index (χ2n) is 23.1. The third-order valence-corrected chi connectivity index (χ3v) is 30.9. The fourth-order valence-corrected chi connectivity index (χ4v) is 26.6. The summed E-state index contributed by atoms with van der Waals surface area (Å²) in [6, 6.07) is 130. The molecular formula is C92H64Au4P4S2+4. The van der Waals surface area contributed by atoms with Crippen molar-refractivity contribution in [1.29, 1.82) is 0 Å². The van der Waals surface area contributed by atoms with Crippen LogP contribution in [0.25, 0.3) is 40.3 Å². The van der Waals surface area contributed by atoms with E-state index in [0.717, 1.165) is 43.8 Å². The van der Waals surface area contributed by atoms with E-state index in [1.807, 2.05) is 72.8 Å². The van der Waals surface area contributed by atoms with Crippen LogP contribution in [0, 0.1) is 49.4 Å². The molecule has 0 atom stereocenters. The summed E-state index contributed by atoms with van der Waals surface area (Å²) in [4.78, 5) is 0. The Bertz CT molecular complexity index is 4680. The van der Waals surface area contributed by atoms with E-state index in [9.17, 15) is 0 Å². The van der Waals surface area contributed by atoms with Crippen molar-refractivity contribution in [3.63, 3.8) is 0 Å². The molecule has 16 rings (SSSR count). The molecule has 0 saturated heterocycles. The first-order valence-electron chi connectivity index (χ1n) is 32.2. The minimum absolute atomic E-state index is 0. The molecule has 2 heterocycles. The van der Waals surface area contributed by atoms with Crippen LogP contribution >= 0.6 is 54.4 Å². The number of rotatable bonds is 12. The van der Waals surface area contributed by atoms with Gasteiger partial charge in [-0.15, -0.1) is 93.5 Å². The second-order valence-corrected chi connectivity index (χ2v) is 35.0. The zero-order valence-corrected chi connectivity index (χ0v) is 69.0. The average Bonchev–Trinajstić information content (AvgIpc) is 1.04. The van der Waals surface area contributed by atoms with Gasteiger partial charge >= 0.3 is 89.5 Å². The zero-order valence-electron chi connectivity index (χ0n) is 54.7. The van der Waals surface area contributed by atoms with Crippen molar-refractivity contribution < 1.29 is 89.5 Å². The fraction of sp³-hybridized carbons (Fsp3) is 0. The minimum atomic E-state index is -1.14. The number of hydrogen-bond donors (Lipinski definition) is 0. The molecule has 0 spiro atoms. The number of hydrogen-bond acceptors (Lipinski definition) is 2. The summed E-state index contributed by atoms with van der Waals surface area (Å²) < 4.78 is 4.78. The molecule has 0 unspecified atom stereocenters. The van der Waals surface area contributed by atoms with Gasteiger partial charge in [-0.3, -0.25) is 23.7 Å². The van der Waals surface area contributed by atoms with Gasteiger partial charge in [0.2, 0.25) is 0 Å². The van der Waals surface area contributed by atoms with Gasteiger partial charge in [-0.1, -0.05) is 194 Å². The third-order valence-electron chi connectivity index (χ3n) is 16.9. The molecular weight excluding hydrogens is 2080 g/mol. The molecule has 2 aromatic heterocycles. The normalized spacial score (nSPS) is 10.4. The Balaban J connectivity index is 0.000000162. The van der Waals surface area contributed by atoms with Crippen LogP contribution in [0.15, 0.2) is 364 Å². The first-order valence-corrected chi connectivity index (χ1v) is 39.8. The van der Waals surface area contributed by atoms with E-state index in [2.05, 4.69) is 315 Å². The Hall–Kier alpha value is -7.56. The molecule has 10 heteroatoms. The Labute approximate surface area is 676 Å². The van der Waals surface area contributed by atoms with Crippen LogP contribution in [0.4, 0.5) is 0 Å². The number of benzene rings is 14. The summed E-state index contributed by atoms with van der Waals surface area (Å²) in [5.74, 6) is 9.62. The van der Waals surface area contributed by atoms with Crippen LogP contribution in [-0.2, 0) is 89.5 Å². The summed E-state index contributed by atoms with van der Waals surface area (Å²) >= 11 is 3.44. The van der Waals surface area contributed by atoms with E-state index in [-0.39, 0.29) is 89.5 Å². The fourth-order valence-electron chi connectivity index (χ4n) is 12.5. The molecule has 16 aromatic rings. The molecule has 0 aliphatic rings. The van der Waals surface area contributed by atoms with E-state index >= 15 is 0 Å². The molecule has 0 bridgehead atoms. The van der Waals surface area contributed by atoms with E-state index in [1.165, 1.54) is 82.5 Å². The molecule has 0 saturated carbocycles. The van der Waals surface area contributed by atoms with Gasteiger partial charge in [0.1, 0.15) is 95.3 Å².